The standard InChI is InChI=1S/C29H40N2O4/c1-4-29(5-2)24-18-23(27(30)32)15-14-22(24)19-25(35-3)26(29)31-17-16-21(28(33)34)13-9-12-20-10-7-6-8-11-20/h6-8,10-11,14-15,18,21,25-26,31H,4-5,9,12-13,16-17,19H2,1-3H3,(H2,30,32)(H,33,34)/t21-,25-,26+/m0/s1. The predicted octanol–water partition coefficient (Wildman–Crippen LogP) is 4.49. The zero-order valence-corrected chi connectivity index (χ0v) is 21.3. The maximum Gasteiger partial charge on any atom is 0.306 e. The minimum atomic E-state index is -0.736. The number of carbonyl (C=O) groups is 2. The summed E-state index contributed by atoms with van der Waals surface area (Å²) in [6.07, 6.45) is 5.40. The van der Waals surface area contributed by atoms with Crippen molar-refractivity contribution in [2.45, 2.75) is 76.4 Å². The number of aliphatic carboxylic acids is 1. The fourth-order valence-electron chi connectivity index (χ4n) is 5.85. The van der Waals surface area contributed by atoms with E-state index in [1.807, 2.05) is 30.3 Å². The fraction of sp³-hybridized carbons (Fsp3) is 0.517. The van der Waals surface area contributed by atoms with E-state index in [1.165, 1.54) is 11.1 Å². The van der Waals surface area contributed by atoms with Crippen LogP contribution in [0.25, 0.3) is 0 Å². The van der Waals surface area contributed by atoms with Crippen LogP contribution in [-0.4, -0.2) is 42.8 Å². The lowest BCUT2D eigenvalue weighted by Crippen LogP contribution is -2.59. The van der Waals surface area contributed by atoms with Crippen molar-refractivity contribution in [2.24, 2.45) is 11.7 Å². The Kier molecular flexibility index (Phi) is 9.47. The Balaban J connectivity index is 1.72. The molecule has 0 spiro atoms. The van der Waals surface area contributed by atoms with Gasteiger partial charge >= 0.3 is 5.97 Å². The van der Waals surface area contributed by atoms with Crippen LogP contribution in [0.1, 0.15) is 73.0 Å². The van der Waals surface area contributed by atoms with Crippen molar-refractivity contribution in [3.8, 4) is 0 Å². The van der Waals surface area contributed by atoms with E-state index in [0.29, 0.717) is 24.9 Å². The van der Waals surface area contributed by atoms with Crippen molar-refractivity contribution in [1.82, 2.24) is 5.32 Å². The Morgan fingerprint density at radius 3 is 2.46 bits per heavy atom. The molecule has 190 valence electrons. The minimum absolute atomic E-state index is 0.0110. The Morgan fingerprint density at radius 2 is 1.86 bits per heavy atom. The number of aryl methyl sites for hydroxylation is 1. The van der Waals surface area contributed by atoms with Gasteiger partial charge in [0.2, 0.25) is 5.91 Å². The van der Waals surface area contributed by atoms with E-state index >= 15 is 0 Å². The van der Waals surface area contributed by atoms with Crippen molar-refractivity contribution in [3.63, 3.8) is 0 Å². The zero-order valence-electron chi connectivity index (χ0n) is 21.3. The van der Waals surface area contributed by atoms with Gasteiger partial charge in [-0.1, -0.05) is 50.2 Å². The second-order valence-corrected chi connectivity index (χ2v) is 9.71. The van der Waals surface area contributed by atoms with E-state index in [4.69, 9.17) is 10.5 Å². The molecule has 3 atom stereocenters. The molecule has 0 fully saturated rings. The molecular weight excluding hydrogens is 440 g/mol. The zero-order chi connectivity index (χ0) is 25.4. The quantitative estimate of drug-likeness (QED) is 0.392. The topological polar surface area (TPSA) is 102 Å². The molecule has 6 nitrogen and oxygen atoms in total. The lowest BCUT2D eigenvalue weighted by molar-refractivity contribution is -0.142. The highest BCUT2D eigenvalue weighted by atomic mass is 16.5. The summed E-state index contributed by atoms with van der Waals surface area (Å²) in [6, 6.07) is 16.0. The molecule has 2 aromatic carbocycles. The van der Waals surface area contributed by atoms with Crippen molar-refractivity contribution < 1.29 is 19.4 Å². The van der Waals surface area contributed by atoms with E-state index in [1.54, 1.807) is 13.2 Å². The minimum Gasteiger partial charge on any atom is -0.481 e. The number of rotatable bonds is 13. The average Bonchev–Trinajstić information content (AvgIpc) is 2.87. The molecule has 35 heavy (non-hydrogen) atoms. The molecule has 0 aromatic heterocycles. The number of nitrogens with two attached hydrogens (primary N) is 1. The van der Waals surface area contributed by atoms with Crippen molar-refractivity contribution in [3.05, 3.63) is 70.8 Å². The molecule has 0 heterocycles. The van der Waals surface area contributed by atoms with Crippen LogP contribution in [-0.2, 0) is 27.8 Å². The molecule has 0 radical (unpaired) electrons. The largest absolute Gasteiger partial charge is 0.481 e. The number of carbonyl (C=O) groups excluding carboxylic acids is 1. The third-order valence-corrected chi connectivity index (χ3v) is 7.95. The number of primary amides is 1. The molecule has 0 aliphatic heterocycles. The van der Waals surface area contributed by atoms with Gasteiger partial charge in [-0.05, 0) is 73.9 Å². The smallest absolute Gasteiger partial charge is 0.306 e. The van der Waals surface area contributed by atoms with Crippen LogP contribution in [0.4, 0.5) is 0 Å². The van der Waals surface area contributed by atoms with Gasteiger partial charge in [0.05, 0.1) is 12.0 Å². The molecule has 6 heteroatoms. The van der Waals surface area contributed by atoms with Gasteiger partial charge < -0.3 is 20.9 Å². The summed E-state index contributed by atoms with van der Waals surface area (Å²) in [7, 11) is 1.74. The van der Waals surface area contributed by atoms with Crippen LogP contribution in [0.3, 0.4) is 0 Å². The second kappa shape index (κ2) is 12.3. The molecule has 0 saturated heterocycles. The number of hydrogen-bond acceptors (Lipinski definition) is 4. The van der Waals surface area contributed by atoms with E-state index in [-0.39, 0.29) is 23.5 Å². The summed E-state index contributed by atoms with van der Waals surface area (Å²) in [5.41, 5.74) is 9.47. The predicted molar refractivity (Wildman–Crippen MR) is 139 cm³/mol. The van der Waals surface area contributed by atoms with Crippen LogP contribution in [0.2, 0.25) is 0 Å². The lowest BCUT2D eigenvalue weighted by Gasteiger charge is -2.49. The first kappa shape index (κ1) is 26.9. The summed E-state index contributed by atoms with van der Waals surface area (Å²) in [5, 5.41) is 13.5. The van der Waals surface area contributed by atoms with E-state index in [2.05, 4.69) is 31.3 Å². The van der Waals surface area contributed by atoms with Gasteiger partial charge in [-0.2, -0.15) is 0 Å². The molecule has 1 amide bonds. The highest BCUT2D eigenvalue weighted by Crippen LogP contribution is 2.44. The molecule has 4 N–H and O–H groups in total. The monoisotopic (exact) mass is 480 g/mol. The first-order chi connectivity index (χ1) is 16.9. The van der Waals surface area contributed by atoms with Crippen molar-refractivity contribution in [1.29, 1.82) is 0 Å². The molecular formula is C29H40N2O4. The molecule has 0 saturated carbocycles. The fourth-order valence-corrected chi connectivity index (χ4v) is 5.85. The number of benzene rings is 2. The highest BCUT2D eigenvalue weighted by molar-refractivity contribution is 5.93. The van der Waals surface area contributed by atoms with Gasteiger partial charge in [-0.3, -0.25) is 9.59 Å². The molecule has 0 bridgehead atoms. The highest BCUT2D eigenvalue weighted by Gasteiger charge is 2.46. The first-order valence-corrected chi connectivity index (χ1v) is 12.8. The van der Waals surface area contributed by atoms with Crippen LogP contribution >= 0.6 is 0 Å². The number of methoxy groups -OCH3 is 1. The summed E-state index contributed by atoms with van der Waals surface area (Å²) in [5.74, 6) is -1.55. The number of carboxylic acids is 1. The second-order valence-electron chi connectivity index (χ2n) is 9.71. The number of ether oxygens (including phenoxy) is 1. The van der Waals surface area contributed by atoms with Gasteiger partial charge in [-0.25, -0.2) is 0 Å². The Morgan fingerprint density at radius 1 is 1.14 bits per heavy atom. The van der Waals surface area contributed by atoms with Gasteiger partial charge in [0, 0.05) is 30.6 Å². The normalized spacial score (nSPS) is 19.6. The lowest BCUT2D eigenvalue weighted by atomic mass is 9.62. The van der Waals surface area contributed by atoms with Crippen LogP contribution in [0.15, 0.2) is 48.5 Å². The number of amides is 1. The first-order valence-electron chi connectivity index (χ1n) is 12.8. The summed E-state index contributed by atoms with van der Waals surface area (Å²) >= 11 is 0. The number of hydrogen-bond donors (Lipinski definition) is 3. The van der Waals surface area contributed by atoms with Crippen LogP contribution in [0, 0.1) is 5.92 Å². The van der Waals surface area contributed by atoms with Crippen LogP contribution in [0.5, 0.6) is 0 Å². The molecule has 1 aliphatic rings. The van der Waals surface area contributed by atoms with Gasteiger partial charge in [0.15, 0.2) is 0 Å². The van der Waals surface area contributed by atoms with Crippen molar-refractivity contribution >= 4 is 11.9 Å². The molecule has 0 unspecified atom stereocenters. The summed E-state index contributed by atoms with van der Waals surface area (Å²) in [6.45, 7) is 4.93. The number of fused-ring (bicyclic) bond motifs is 1. The maximum absolute atomic E-state index is 12.0. The molecule has 3 rings (SSSR count). The Labute approximate surface area is 209 Å². The van der Waals surface area contributed by atoms with Crippen molar-refractivity contribution in [2.75, 3.05) is 13.7 Å². The summed E-state index contributed by atoms with van der Waals surface area (Å²) < 4.78 is 5.95. The molecule has 1 aliphatic carbocycles. The van der Waals surface area contributed by atoms with Gasteiger partial charge in [0.1, 0.15) is 0 Å². The van der Waals surface area contributed by atoms with Gasteiger partial charge in [0.25, 0.3) is 0 Å². The van der Waals surface area contributed by atoms with E-state index in [9.17, 15) is 14.7 Å². The SMILES string of the molecule is CCC1(CC)c2cc(C(N)=O)ccc2C[C@H](OC)[C@H]1NCC[C@H](CCCc1ccccc1)C(=O)O. The van der Waals surface area contributed by atoms with Crippen LogP contribution < -0.4 is 11.1 Å². The van der Waals surface area contributed by atoms with E-state index in [0.717, 1.165) is 37.7 Å². The Hall–Kier alpha value is -2.70. The number of nitrogens with one attached hydrogen (secondary N) is 1. The third-order valence-electron chi connectivity index (χ3n) is 7.95. The summed E-state index contributed by atoms with van der Waals surface area (Å²) in [4.78, 5) is 23.8. The third kappa shape index (κ3) is 6.11. The number of carboxylic acid groups (broad SMARTS) is 1. The maximum atomic E-state index is 12.0. The van der Waals surface area contributed by atoms with Gasteiger partial charge in [-0.15, -0.1) is 0 Å². The molecule has 2 aromatic rings. The van der Waals surface area contributed by atoms with E-state index < -0.39 is 11.9 Å². The average molecular weight is 481 g/mol. The Bertz CT molecular complexity index is 987.